The Hall–Kier alpha value is -3.30. The van der Waals surface area contributed by atoms with Crippen LogP contribution >= 0.6 is 0 Å². The summed E-state index contributed by atoms with van der Waals surface area (Å²) in [6.45, 7) is 2.78. The lowest BCUT2D eigenvalue weighted by molar-refractivity contribution is -0.363. The fourth-order valence-corrected chi connectivity index (χ4v) is 2.40. The predicted molar refractivity (Wildman–Crippen MR) is 97.2 cm³/mol. The second-order valence-corrected chi connectivity index (χ2v) is 6.06. The van der Waals surface area contributed by atoms with Crippen LogP contribution in [-0.4, -0.2) is 37.4 Å². The molecule has 0 aliphatic heterocycles. The van der Waals surface area contributed by atoms with E-state index in [-0.39, 0.29) is 18.0 Å². The number of amides is 1. The second kappa shape index (κ2) is 8.80. The number of benzene rings is 1. The van der Waals surface area contributed by atoms with E-state index in [2.05, 4.69) is 15.0 Å². The van der Waals surface area contributed by atoms with E-state index in [1.54, 1.807) is 12.2 Å². The first kappa shape index (κ1) is 22.0. The molecule has 1 heterocycles. The smallest absolute Gasteiger partial charge is 0.464 e. The summed E-state index contributed by atoms with van der Waals surface area (Å²) in [6, 6.07) is 8.23. The number of H-pyrrole nitrogens is 1. The zero-order valence-corrected chi connectivity index (χ0v) is 16.0. The predicted octanol–water partition coefficient (Wildman–Crippen LogP) is 2.48. The molecular formula is C19H21F3N3O4+. The van der Waals surface area contributed by atoms with Crippen molar-refractivity contribution in [2.24, 2.45) is 0 Å². The zero-order valence-electron chi connectivity index (χ0n) is 16.0. The molecule has 1 atom stereocenters. The van der Waals surface area contributed by atoms with Gasteiger partial charge in [0.1, 0.15) is 5.75 Å². The van der Waals surface area contributed by atoms with Gasteiger partial charge in [0.25, 0.3) is 11.7 Å². The average Bonchev–Trinajstić information content (AvgIpc) is 2.68. The number of hydrogen-bond acceptors (Lipinski definition) is 5. The number of nitrogens with one attached hydrogen (secondary N) is 3. The summed E-state index contributed by atoms with van der Waals surface area (Å²) < 4.78 is 51.9. The monoisotopic (exact) mass is 412 g/mol. The molecule has 3 N–H and O–H groups in total. The van der Waals surface area contributed by atoms with E-state index >= 15 is 0 Å². The van der Waals surface area contributed by atoms with E-state index in [1.807, 2.05) is 0 Å². The van der Waals surface area contributed by atoms with Crippen LogP contribution in [0.2, 0.25) is 0 Å². The summed E-state index contributed by atoms with van der Waals surface area (Å²) in [6.07, 6.45) is -3.78. The molecule has 0 saturated heterocycles. The summed E-state index contributed by atoms with van der Waals surface area (Å²) in [7, 11) is 1.41. The summed E-state index contributed by atoms with van der Waals surface area (Å²) in [4.78, 5) is 27.5. The van der Waals surface area contributed by atoms with Crippen LogP contribution in [0.5, 0.6) is 5.75 Å². The first-order valence-corrected chi connectivity index (χ1v) is 8.60. The Morgan fingerprint density at radius 3 is 2.24 bits per heavy atom. The molecule has 29 heavy (non-hydrogen) atoms. The van der Waals surface area contributed by atoms with Crippen molar-refractivity contribution in [3.05, 3.63) is 53.7 Å². The van der Waals surface area contributed by atoms with Crippen LogP contribution in [0.1, 0.15) is 22.8 Å². The molecule has 7 nitrogen and oxygen atoms in total. The number of methoxy groups -OCH3 is 1. The van der Waals surface area contributed by atoms with E-state index < -0.39 is 23.7 Å². The van der Waals surface area contributed by atoms with Crippen molar-refractivity contribution < 1.29 is 37.2 Å². The normalized spacial score (nSPS) is 13.2. The zero-order chi connectivity index (χ0) is 21.7. The maximum absolute atomic E-state index is 14.1. The molecule has 0 aliphatic rings. The number of esters is 1. The number of alkyl halides is 3. The van der Waals surface area contributed by atoms with Crippen LogP contribution in [0.3, 0.4) is 0 Å². The Kier molecular flexibility index (Phi) is 6.68. The van der Waals surface area contributed by atoms with Gasteiger partial charge < -0.3 is 9.47 Å². The Labute approximate surface area is 165 Å². The lowest BCUT2D eigenvalue weighted by Crippen LogP contribution is -2.69. The molecule has 0 bridgehead atoms. The first-order valence-electron chi connectivity index (χ1n) is 8.60. The highest BCUT2D eigenvalue weighted by Crippen LogP contribution is 2.33. The summed E-state index contributed by atoms with van der Waals surface area (Å²) >= 11 is 0. The highest BCUT2D eigenvalue weighted by atomic mass is 19.4. The van der Waals surface area contributed by atoms with Crippen LogP contribution in [0.15, 0.2) is 42.6 Å². The Morgan fingerprint density at radius 1 is 1.10 bits per heavy atom. The van der Waals surface area contributed by atoms with Crippen molar-refractivity contribution in [3.63, 3.8) is 0 Å². The molecule has 0 saturated carbocycles. The van der Waals surface area contributed by atoms with Crippen molar-refractivity contribution in [2.75, 3.05) is 19.0 Å². The molecule has 2 aromatic rings. The van der Waals surface area contributed by atoms with Gasteiger partial charge in [0.2, 0.25) is 0 Å². The van der Waals surface area contributed by atoms with Crippen LogP contribution in [0, 0.1) is 6.92 Å². The van der Waals surface area contributed by atoms with E-state index in [9.17, 15) is 22.8 Å². The quantitative estimate of drug-likeness (QED) is 0.539. The standard InChI is InChI=1S/C19H20F3N3O4/c1-4-29-17(27)18(19(20,21)22,24-15-10-5-12(2)11-23-15)25-16(26)13-6-8-14(28-3)9-7-13/h5-11H,4H2,1-3H3,(H,23,24)(H,25,26)/p+1/t18-/m1/s1. The largest absolute Gasteiger partial charge is 0.497 e. The molecule has 10 heteroatoms. The van der Waals surface area contributed by atoms with Crippen molar-refractivity contribution in [1.29, 1.82) is 0 Å². The van der Waals surface area contributed by atoms with E-state index in [4.69, 9.17) is 4.74 Å². The fraction of sp³-hybridized carbons (Fsp3) is 0.316. The molecule has 0 aliphatic carbocycles. The minimum absolute atomic E-state index is 0.0987. The van der Waals surface area contributed by atoms with Crippen molar-refractivity contribution in [2.45, 2.75) is 25.7 Å². The maximum atomic E-state index is 14.1. The molecular weight excluding hydrogens is 391 g/mol. The average molecular weight is 412 g/mol. The van der Waals surface area contributed by atoms with Crippen molar-refractivity contribution in [3.8, 4) is 5.75 Å². The number of ether oxygens (including phenoxy) is 2. The lowest BCUT2D eigenvalue weighted by atomic mass is 10.1. The number of aromatic amines is 1. The second-order valence-electron chi connectivity index (χ2n) is 6.06. The van der Waals surface area contributed by atoms with Crippen LogP contribution in [0.25, 0.3) is 0 Å². The number of pyridine rings is 1. The number of anilines is 1. The maximum Gasteiger partial charge on any atom is 0.464 e. The molecule has 0 fully saturated rings. The SMILES string of the molecule is CCOC(=O)[C@](NC(=O)c1ccc(OC)cc1)(Nc1ccc(C)c[nH+]1)C(F)(F)F. The van der Waals surface area contributed by atoms with Crippen LogP contribution in [-0.2, 0) is 9.53 Å². The number of aromatic nitrogens is 1. The molecule has 156 valence electrons. The Balaban J connectivity index is 2.46. The number of hydrogen-bond donors (Lipinski definition) is 2. The van der Waals surface area contributed by atoms with E-state index in [0.717, 1.165) is 5.56 Å². The molecule has 0 radical (unpaired) electrons. The molecule has 2 rings (SSSR count). The summed E-state index contributed by atoms with van der Waals surface area (Å²) in [5, 5.41) is 3.82. The van der Waals surface area contributed by atoms with Crippen LogP contribution in [0.4, 0.5) is 19.0 Å². The summed E-state index contributed by atoms with van der Waals surface area (Å²) in [5.74, 6) is -2.54. The first-order chi connectivity index (χ1) is 13.6. The highest BCUT2D eigenvalue weighted by molar-refractivity contribution is 5.99. The fourth-order valence-electron chi connectivity index (χ4n) is 2.40. The third-order valence-corrected chi connectivity index (χ3v) is 3.95. The van der Waals surface area contributed by atoms with Crippen molar-refractivity contribution >= 4 is 17.7 Å². The van der Waals surface area contributed by atoms with Gasteiger partial charge in [-0.1, -0.05) is 0 Å². The number of aryl methyl sites for hydroxylation is 1. The van der Waals surface area contributed by atoms with Gasteiger partial charge in [-0.25, -0.2) is 15.1 Å². The minimum Gasteiger partial charge on any atom is -0.497 e. The Morgan fingerprint density at radius 2 is 1.76 bits per heavy atom. The third kappa shape index (κ3) is 4.95. The van der Waals surface area contributed by atoms with Gasteiger partial charge in [0.05, 0.1) is 19.9 Å². The van der Waals surface area contributed by atoms with Gasteiger partial charge >= 0.3 is 17.8 Å². The summed E-state index contributed by atoms with van der Waals surface area (Å²) in [5.41, 5.74) is -2.85. The van der Waals surface area contributed by atoms with Crippen molar-refractivity contribution in [1.82, 2.24) is 5.32 Å². The van der Waals surface area contributed by atoms with Crippen LogP contribution < -0.4 is 20.4 Å². The van der Waals surface area contributed by atoms with Gasteiger partial charge in [-0.15, -0.1) is 0 Å². The lowest BCUT2D eigenvalue weighted by Gasteiger charge is -2.30. The molecule has 1 amide bonds. The number of rotatable bonds is 7. The topological polar surface area (TPSA) is 90.8 Å². The van der Waals surface area contributed by atoms with Gasteiger partial charge in [-0.3, -0.25) is 10.1 Å². The molecule has 1 aromatic heterocycles. The molecule has 1 aromatic carbocycles. The number of carbonyl (C=O) groups excluding carboxylic acids is 2. The van der Waals surface area contributed by atoms with Gasteiger partial charge in [-0.05, 0) is 49.7 Å². The van der Waals surface area contributed by atoms with E-state index in [0.29, 0.717) is 5.75 Å². The molecule has 0 unspecified atom stereocenters. The number of halogens is 3. The van der Waals surface area contributed by atoms with Gasteiger partial charge in [0.15, 0.2) is 0 Å². The van der Waals surface area contributed by atoms with E-state index in [1.165, 1.54) is 56.6 Å². The molecule has 0 spiro atoms. The van der Waals surface area contributed by atoms with Gasteiger partial charge in [0, 0.05) is 11.6 Å². The number of carbonyl (C=O) groups is 2. The third-order valence-electron chi connectivity index (χ3n) is 3.95. The van der Waals surface area contributed by atoms with Gasteiger partial charge in [-0.2, -0.15) is 13.2 Å². The minimum atomic E-state index is -5.22. The Bertz CT molecular complexity index is 854. The highest BCUT2D eigenvalue weighted by Gasteiger charge is 2.67.